The number of benzene rings is 1. The number of aromatic hydroxyl groups is 1. The normalized spacial score (nSPS) is 13.9. The van der Waals surface area contributed by atoms with Crippen LogP contribution in [0, 0.1) is 35.5 Å². The van der Waals surface area contributed by atoms with Gasteiger partial charge in [-0.2, -0.15) is 0 Å². The lowest BCUT2D eigenvalue weighted by atomic mass is 9.89. The summed E-state index contributed by atoms with van der Waals surface area (Å²) in [7, 11) is 1.54. The van der Waals surface area contributed by atoms with Crippen LogP contribution in [0.3, 0.4) is 0 Å². The predicted octanol–water partition coefficient (Wildman–Crippen LogP) is 7.70. The summed E-state index contributed by atoms with van der Waals surface area (Å²) < 4.78 is 18.6. The van der Waals surface area contributed by atoms with Crippen LogP contribution in [0.25, 0.3) is 11.4 Å². The Bertz CT molecular complexity index is 1110. The van der Waals surface area contributed by atoms with Crippen LogP contribution in [0.5, 0.6) is 11.5 Å². The molecule has 0 aliphatic carbocycles. The van der Waals surface area contributed by atoms with Gasteiger partial charge in [-0.05, 0) is 66.5 Å². The fourth-order valence-electron chi connectivity index (χ4n) is 4.90. The average molecular weight is 587 g/mol. The summed E-state index contributed by atoms with van der Waals surface area (Å²) >= 11 is 0. The molecule has 0 aliphatic rings. The Balaban J connectivity index is 2.32. The van der Waals surface area contributed by atoms with Gasteiger partial charge in [0.15, 0.2) is 0 Å². The minimum Gasteiger partial charge on any atom is -0.507 e. The zero-order valence-electron chi connectivity index (χ0n) is 27.3. The van der Waals surface area contributed by atoms with Gasteiger partial charge in [0.25, 0.3) is 0 Å². The molecular formula is C34H54N2O6. The molecule has 0 bridgehead atoms. The van der Waals surface area contributed by atoms with E-state index in [9.17, 15) is 14.7 Å². The Morgan fingerprint density at radius 3 is 1.95 bits per heavy atom. The Labute approximate surface area is 253 Å². The van der Waals surface area contributed by atoms with E-state index in [1.54, 1.807) is 29.1 Å². The minimum absolute atomic E-state index is 0.0172. The predicted molar refractivity (Wildman–Crippen MR) is 166 cm³/mol. The molecule has 0 saturated heterocycles. The first kappa shape index (κ1) is 35.2. The van der Waals surface area contributed by atoms with Crippen LogP contribution in [0.4, 0.5) is 0 Å². The highest BCUT2D eigenvalue weighted by Gasteiger charge is 2.31. The van der Waals surface area contributed by atoms with Gasteiger partial charge in [-0.3, -0.25) is 4.79 Å². The molecule has 0 fully saturated rings. The van der Waals surface area contributed by atoms with Crippen LogP contribution in [-0.4, -0.2) is 46.9 Å². The molecule has 2 aromatic rings. The maximum absolute atomic E-state index is 13.7. The van der Waals surface area contributed by atoms with Gasteiger partial charge in [0.2, 0.25) is 0 Å². The number of ether oxygens (including phenoxy) is 3. The molecule has 3 unspecified atom stereocenters. The number of nitrogens with zero attached hydrogens (tertiary/aromatic N) is 2. The Morgan fingerprint density at radius 1 is 0.857 bits per heavy atom. The fraction of sp³-hybridized carbons (Fsp3) is 0.676. The van der Waals surface area contributed by atoms with Crippen molar-refractivity contribution in [2.45, 2.75) is 93.5 Å². The van der Waals surface area contributed by atoms with Crippen LogP contribution >= 0.6 is 0 Å². The van der Waals surface area contributed by atoms with Gasteiger partial charge < -0.3 is 23.9 Å². The molecule has 3 atom stereocenters. The highest BCUT2D eigenvalue weighted by molar-refractivity contribution is 5.82. The molecule has 42 heavy (non-hydrogen) atoms. The van der Waals surface area contributed by atoms with Crippen molar-refractivity contribution in [1.82, 2.24) is 9.55 Å². The second-order valence-corrected chi connectivity index (χ2v) is 13.0. The van der Waals surface area contributed by atoms with E-state index in [1.807, 2.05) is 0 Å². The zero-order valence-corrected chi connectivity index (χ0v) is 27.3. The molecule has 2 rings (SSSR count). The van der Waals surface area contributed by atoms with Gasteiger partial charge in [0.1, 0.15) is 23.4 Å². The van der Waals surface area contributed by atoms with Crippen LogP contribution in [0.2, 0.25) is 0 Å². The molecule has 0 radical (unpaired) electrons. The molecule has 1 aromatic carbocycles. The molecule has 0 amide bonds. The van der Waals surface area contributed by atoms with Crippen molar-refractivity contribution in [2.75, 3.05) is 20.3 Å². The molecule has 0 aliphatic heterocycles. The average Bonchev–Trinajstić information content (AvgIpc) is 3.40. The monoisotopic (exact) mass is 586 g/mol. The number of rotatable bonds is 18. The Kier molecular flexibility index (Phi) is 14.4. The maximum atomic E-state index is 13.7. The topological polar surface area (TPSA) is 99.9 Å². The van der Waals surface area contributed by atoms with E-state index < -0.39 is 18.0 Å². The summed E-state index contributed by atoms with van der Waals surface area (Å²) in [5.74, 6) is 2.15. The number of imidazole rings is 1. The number of phenols is 1. The lowest BCUT2D eigenvalue weighted by Gasteiger charge is -2.25. The summed E-state index contributed by atoms with van der Waals surface area (Å²) in [5.41, 5.74) is 0.385. The quantitative estimate of drug-likeness (QED) is 0.179. The summed E-state index contributed by atoms with van der Waals surface area (Å²) in [6, 6.07) is 3.80. The summed E-state index contributed by atoms with van der Waals surface area (Å²) in [5, 5.41) is 10.6. The van der Waals surface area contributed by atoms with Crippen molar-refractivity contribution in [3.05, 3.63) is 30.6 Å². The first-order valence-electron chi connectivity index (χ1n) is 15.6. The summed E-state index contributed by atoms with van der Waals surface area (Å²) in [6.45, 7) is 17.9. The first-order valence-corrected chi connectivity index (χ1v) is 15.6. The number of carbonyl (C=O) groups is 2. The van der Waals surface area contributed by atoms with Gasteiger partial charge in [0.05, 0.1) is 32.3 Å². The van der Waals surface area contributed by atoms with Crippen LogP contribution in [0.15, 0.2) is 30.6 Å². The van der Waals surface area contributed by atoms with Gasteiger partial charge in [-0.15, -0.1) is 0 Å². The number of hydrogen-bond acceptors (Lipinski definition) is 7. The Hall–Kier alpha value is -3.03. The van der Waals surface area contributed by atoms with E-state index >= 15 is 0 Å². The van der Waals surface area contributed by atoms with E-state index in [0.717, 1.165) is 25.7 Å². The summed E-state index contributed by atoms with van der Waals surface area (Å²) in [4.78, 5) is 31.3. The number of hydrogen-bond donors (Lipinski definition) is 1. The van der Waals surface area contributed by atoms with Crippen LogP contribution < -0.4 is 4.74 Å². The fourth-order valence-corrected chi connectivity index (χ4v) is 4.90. The van der Waals surface area contributed by atoms with Gasteiger partial charge >= 0.3 is 11.9 Å². The van der Waals surface area contributed by atoms with Crippen molar-refractivity contribution >= 4 is 11.9 Å². The standard InChI is InChI=1S/C34H54N2O6/c1-22(2)10-12-26(24(5)6)20-41-32(38)19-30(34(39)42-21-27(25(7)8)13-11-23(3)4)36-17-16-35-33(36)29-18-28(40-9)14-15-31(29)37/h14-18,22-27,30,37H,10-13,19-21H2,1-9H3. The maximum Gasteiger partial charge on any atom is 0.329 e. The third-order valence-corrected chi connectivity index (χ3v) is 8.09. The zero-order chi connectivity index (χ0) is 31.4. The van der Waals surface area contributed by atoms with Crippen molar-refractivity contribution in [3.8, 4) is 22.9 Å². The van der Waals surface area contributed by atoms with Crippen molar-refractivity contribution in [1.29, 1.82) is 0 Å². The van der Waals surface area contributed by atoms with Gasteiger partial charge in [0, 0.05) is 12.4 Å². The number of carbonyl (C=O) groups excluding carboxylic acids is 2. The lowest BCUT2D eigenvalue weighted by Crippen LogP contribution is -2.29. The molecule has 1 aromatic heterocycles. The third-order valence-electron chi connectivity index (χ3n) is 8.09. The van der Waals surface area contributed by atoms with E-state index in [4.69, 9.17) is 14.2 Å². The molecule has 1 heterocycles. The van der Waals surface area contributed by atoms with Crippen LogP contribution in [0.1, 0.15) is 93.5 Å². The van der Waals surface area contributed by atoms with E-state index in [2.05, 4.69) is 60.4 Å². The molecule has 1 N–H and O–H groups in total. The van der Waals surface area contributed by atoms with E-state index in [-0.39, 0.29) is 30.6 Å². The van der Waals surface area contributed by atoms with E-state index in [0.29, 0.717) is 47.4 Å². The highest BCUT2D eigenvalue weighted by atomic mass is 16.5. The Morgan fingerprint density at radius 2 is 1.43 bits per heavy atom. The number of aromatic nitrogens is 2. The van der Waals surface area contributed by atoms with Crippen molar-refractivity contribution in [3.63, 3.8) is 0 Å². The van der Waals surface area contributed by atoms with Crippen molar-refractivity contribution in [2.24, 2.45) is 35.5 Å². The molecule has 0 saturated carbocycles. The van der Waals surface area contributed by atoms with Crippen molar-refractivity contribution < 1.29 is 28.9 Å². The minimum atomic E-state index is -1.01. The highest BCUT2D eigenvalue weighted by Crippen LogP contribution is 2.34. The second kappa shape index (κ2) is 17.2. The largest absolute Gasteiger partial charge is 0.507 e. The van der Waals surface area contributed by atoms with Gasteiger partial charge in [-0.25, -0.2) is 9.78 Å². The third kappa shape index (κ3) is 11.0. The number of phenolic OH excluding ortho intramolecular Hbond substituents is 1. The first-order chi connectivity index (χ1) is 19.8. The molecule has 0 spiro atoms. The SMILES string of the molecule is COc1ccc(O)c(-c2nccn2C(CC(=O)OCC(CCC(C)C)C(C)C)C(=O)OCC(CCC(C)C)C(C)C)c1. The smallest absolute Gasteiger partial charge is 0.329 e. The molecule has 236 valence electrons. The molecule has 8 nitrogen and oxygen atoms in total. The number of esters is 2. The molecule has 8 heteroatoms. The lowest BCUT2D eigenvalue weighted by molar-refractivity contribution is -0.156. The van der Waals surface area contributed by atoms with E-state index in [1.165, 1.54) is 13.2 Å². The second-order valence-electron chi connectivity index (χ2n) is 13.0. The van der Waals surface area contributed by atoms with Crippen LogP contribution in [-0.2, 0) is 19.1 Å². The molecular weight excluding hydrogens is 532 g/mol. The summed E-state index contributed by atoms with van der Waals surface area (Å²) in [6.07, 6.45) is 7.00. The number of methoxy groups -OCH3 is 1. The van der Waals surface area contributed by atoms with Gasteiger partial charge in [-0.1, -0.05) is 68.2 Å².